The van der Waals surface area contributed by atoms with Gasteiger partial charge in [-0.1, -0.05) is 31.4 Å². The first-order valence-electron chi connectivity index (χ1n) is 10.6. The average Bonchev–Trinajstić information content (AvgIpc) is 2.81. The third-order valence-corrected chi connectivity index (χ3v) is 6.23. The number of anilines is 1. The summed E-state index contributed by atoms with van der Waals surface area (Å²) in [6.45, 7) is 0.572. The summed E-state index contributed by atoms with van der Waals surface area (Å²) in [7, 11) is 0. The zero-order valence-corrected chi connectivity index (χ0v) is 18.2. The van der Waals surface area contributed by atoms with Crippen molar-refractivity contribution in [3.05, 3.63) is 54.4 Å². The lowest BCUT2D eigenvalue weighted by molar-refractivity contribution is -0.118. The van der Waals surface area contributed by atoms with Crippen LogP contribution in [-0.4, -0.2) is 41.5 Å². The van der Waals surface area contributed by atoms with Gasteiger partial charge in [-0.05, 0) is 43.0 Å². The lowest BCUT2D eigenvalue weighted by atomic mass is 9.89. The Balaban J connectivity index is 1.45. The van der Waals surface area contributed by atoms with Gasteiger partial charge in [0, 0.05) is 17.6 Å². The third kappa shape index (κ3) is 7.71. The van der Waals surface area contributed by atoms with Crippen LogP contribution >= 0.6 is 11.8 Å². The molecule has 1 aromatic carbocycles. The van der Waals surface area contributed by atoms with Crippen LogP contribution in [0.15, 0.2) is 53.7 Å². The molecular formula is C23H28N4O3S. The minimum absolute atomic E-state index is 0.0263. The van der Waals surface area contributed by atoms with Crippen molar-refractivity contribution in [3.63, 3.8) is 0 Å². The van der Waals surface area contributed by atoms with Gasteiger partial charge in [0.1, 0.15) is 0 Å². The average molecular weight is 441 g/mol. The first-order valence-corrected chi connectivity index (χ1v) is 11.6. The van der Waals surface area contributed by atoms with Crippen molar-refractivity contribution in [2.24, 2.45) is 5.92 Å². The number of hydrogen-bond donors (Lipinski definition) is 3. The van der Waals surface area contributed by atoms with Gasteiger partial charge < -0.3 is 16.0 Å². The van der Waals surface area contributed by atoms with Gasteiger partial charge >= 0.3 is 0 Å². The van der Waals surface area contributed by atoms with E-state index in [1.165, 1.54) is 50.1 Å². The number of benzene rings is 1. The number of nitrogens with one attached hydrogen (secondary N) is 3. The van der Waals surface area contributed by atoms with Crippen LogP contribution in [0.5, 0.6) is 0 Å². The Kier molecular flexibility index (Phi) is 8.90. The number of aromatic nitrogens is 1. The summed E-state index contributed by atoms with van der Waals surface area (Å²) in [4.78, 5) is 41.5. The second-order valence-electron chi connectivity index (χ2n) is 7.57. The molecule has 1 aliphatic carbocycles. The first-order chi connectivity index (χ1) is 15.1. The van der Waals surface area contributed by atoms with E-state index in [9.17, 15) is 14.4 Å². The van der Waals surface area contributed by atoms with Crippen molar-refractivity contribution in [1.82, 2.24) is 15.6 Å². The number of amides is 3. The Labute approximate surface area is 186 Å². The van der Waals surface area contributed by atoms with Crippen LogP contribution in [0, 0.1) is 5.92 Å². The molecule has 7 nitrogen and oxygen atoms in total. The number of carbonyl (C=O) groups is 3. The third-order valence-electron chi connectivity index (χ3n) is 5.16. The monoisotopic (exact) mass is 440 g/mol. The molecule has 3 amide bonds. The van der Waals surface area contributed by atoms with Gasteiger partial charge in [0.25, 0.3) is 5.91 Å². The van der Waals surface area contributed by atoms with E-state index >= 15 is 0 Å². The van der Waals surface area contributed by atoms with Crippen molar-refractivity contribution in [1.29, 1.82) is 0 Å². The Morgan fingerprint density at radius 3 is 2.55 bits per heavy atom. The smallest absolute Gasteiger partial charge is 0.252 e. The largest absolute Gasteiger partial charge is 0.355 e. The maximum absolute atomic E-state index is 12.6. The van der Waals surface area contributed by atoms with E-state index in [0.29, 0.717) is 22.1 Å². The van der Waals surface area contributed by atoms with Crippen LogP contribution in [0.25, 0.3) is 0 Å². The molecule has 0 saturated heterocycles. The van der Waals surface area contributed by atoms with Gasteiger partial charge in [-0.2, -0.15) is 0 Å². The van der Waals surface area contributed by atoms with Crippen LogP contribution in [-0.2, 0) is 9.59 Å². The number of carbonyl (C=O) groups excluding carboxylic acids is 3. The van der Waals surface area contributed by atoms with Crippen LogP contribution in [0.1, 0.15) is 42.5 Å². The maximum Gasteiger partial charge on any atom is 0.252 e. The summed E-state index contributed by atoms with van der Waals surface area (Å²) < 4.78 is 0. The lowest BCUT2D eigenvalue weighted by Crippen LogP contribution is -2.33. The van der Waals surface area contributed by atoms with Gasteiger partial charge in [0.05, 0.1) is 29.7 Å². The maximum atomic E-state index is 12.6. The molecule has 3 N–H and O–H groups in total. The van der Waals surface area contributed by atoms with Crippen LogP contribution in [0.2, 0.25) is 0 Å². The predicted molar refractivity (Wildman–Crippen MR) is 122 cm³/mol. The minimum Gasteiger partial charge on any atom is -0.355 e. The quantitative estimate of drug-likeness (QED) is 0.520. The number of pyridine rings is 1. The highest BCUT2D eigenvalue weighted by atomic mass is 32.2. The van der Waals surface area contributed by atoms with Crippen LogP contribution < -0.4 is 16.0 Å². The highest BCUT2D eigenvalue weighted by Crippen LogP contribution is 2.24. The van der Waals surface area contributed by atoms with Crippen molar-refractivity contribution in [3.8, 4) is 0 Å². The Hall–Kier alpha value is -2.87. The number of rotatable bonds is 9. The van der Waals surface area contributed by atoms with Gasteiger partial charge in [-0.15, -0.1) is 11.8 Å². The lowest BCUT2D eigenvalue weighted by Gasteiger charge is -2.21. The minimum atomic E-state index is -0.355. The molecular weight excluding hydrogens is 412 g/mol. The van der Waals surface area contributed by atoms with E-state index in [-0.39, 0.29) is 30.0 Å². The second kappa shape index (κ2) is 12.1. The fraction of sp³-hybridized carbons (Fsp3) is 0.391. The zero-order chi connectivity index (χ0) is 21.9. The van der Waals surface area contributed by atoms with E-state index in [0.717, 1.165) is 6.54 Å². The van der Waals surface area contributed by atoms with Crippen molar-refractivity contribution >= 4 is 35.2 Å². The van der Waals surface area contributed by atoms with Crippen molar-refractivity contribution < 1.29 is 14.4 Å². The molecule has 0 radical (unpaired) electrons. The summed E-state index contributed by atoms with van der Waals surface area (Å²) in [5.41, 5.74) is 1.01. The summed E-state index contributed by atoms with van der Waals surface area (Å²) >= 11 is 1.33. The van der Waals surface area contributed by atoms with E-state index in [1.807, 2.05) is 12.1 Å². The summed E-state index contributed by atoms with van der Waals surface area (Å²) in [5, 5.41) is 8.32. The molecule has 1 heterocycles. The van der Waals surface area contributed by atoms with Crippen LogP contribution in [0.4, 0.5) is 5.69 Å². The molecule has 1 aromatic heterocycles. The number of nitrogens with zero attached hydrogens (tertiary/aromatic N) is 1. The van der Waals surface area contributed by atoms with E-state index in [1.54, 1.807) is 30.5 Å². The van der Waals surface area contributed by atoms with E-state index in [2.05, 4.69) is 20.9 Å². The van der Waals surface area contributed by atoms with Crippen molar-refractivity contribution in [2.75, 3.05) is 24.2 Å². The van der Waals surface area contributed by atoms with Crippen LogP contribution in [0.3, 0.4) is 0 Å². The highest BCUT2D eigenvalue weighted by Gasteiger charge is 2.16. The standard InChI is InChI=1S/C23H28N4O3S/c28-21(27-18-9-6-12-24-14-18)15-26-23(30)19-10-4-5-11-20(19)31-16-22(29)25-13-17-7-2-1-3-8-17/h4-6,9-12,14,17H,1-3,7-8,13,15-16H2,(H,25,29)(H,26,30)(H,27,28). The molecule has 1 fully saturated rings. The fourth-order valence-electron chi connectivity index (χ4n) is 3.52. The topological polar surface area (TPSA) is 100 Å². The van der Waals surface area contributed by atoms with Gasteiger partial charge in [-0.3, -0.25) is 19.4 Å². The zero-order valence-electron chi connectivity index (χ0n) is 17.4. The van der Waals surface area contributed by atoms with E-state index in [4.69, 9.17) is 0 Å². The summed E-state index contributed by atoms with van der Waals surface area (Å²) in [5.74, 6) is 0.110. The fourth-order valence-corrected chi connectivity index (χ4v) is 4.40. The van der Waals surface area contributed by atoms with E-state index < -0.39 is 0 Å². The predicted octanol–water partition coefficient (Wildman–Crippen LogP) is 3.24. The molecule has 0 unspecified atom stereocenters. The molecule has 31 heavy (non-hydrogen) atoms. The molecule has 2 aromatic rings. The molecule has 1 saturated carbocycles. The number of hydrogen-bond acceptors (Lipinski definition) is 5. The Morgan fingerprint density at radius 2 is 1.77 bits per heavy atom. The molecule has 1 aliphatic rings. The van der Waals surface area contributed by atoms with Crippen molar-refractivity contribution in [2.45, 2.75) is 37.0 Å². The first kappa shape index (κ1) is 22.8. The normalized spacial score (nSPS) is 13.9. The van der Waals surface area contributed by atoms with Gasteiger partial charge in [0.2, 0.25) is 11.8 Å². The SMILES string of the molecule is O=C(CSc1ccccc1C(=O)NCC(=O)Nc1cccnc1)NCC1CCCCC1. The molecule has 3 rings (SSSR count). The van der Waals surface area contributed by atoms with Gasteiger partial charge in [-0.25, -0.2) is 0 Å². The molecule has 0 aliphatic heterocycles. The summed E-state index contributed by atoms with van der Waals surface area (Å²) in [6, 6.07) is 10.5. The molecule has 0 spiro atoms. The second-order valence-corrected chi connectivity index (χ2v) is 8.58. The van der Waals surface area contributed by atoms with Gasteiger partial charge in [0.15, 0.2) is 0 Å². The highest BCUT2D eigenvalue weighted by molar-refractivity contribution is 8.00. The molecule has 8 heteroatoms. The molecule has 164 valence electrons. The molecule has 0 bridgehead atoms. The Morgan fingerprint density at radius 1 is 0.968 bits per heavy atom. The number of thioether (sulfide) groups is 1. The Bertz CT molecular complexity index is 885. The molecule has 0 atom stereocenters. The summed E-state index contributed by atoms with van der Waals surface area (Å²) in [6.07, 6.45) is 9.31.